The third kappa shape index (κ3) is 7.44. The zero-order valence-corrected chi connectivity index (χ0v) is 26.0. The van der Waals surface area contributed by atoms with Crippen LogP contribution in [0.4, 0.5) is 35.1 Å². The van der Waals surface area contributed by atoms with Gasteiger partial charge in [0.2, 0.25) is 0 Å². The van der Waals surface area contributed by atoms with Gasteiger partial charge in [-0.05, 0) is 60.8 Å². The molecule has 4 aromatic rings. The summed E-state index contributed by atoms with van der Waals surface area (Å²) in [4.78, 5) is 25.3. The van der Waals surface area contributed by atoms with Crippen LogP contribution in [-0.2, 0) is 17.4 Å². The smallest absolute Gasteiger partial charge is 0.406 e. The van der Waals surface area contributed by atoms with Gasteiger partial charge < -0.3 is 14.8 Å². The molecule has 2 unspecified atom stereocenters. The molecule has 0 bridgehead atoms. The molecule has 2 heterocycles. The quantitative estimate of drug-likeness (QED) is 0.0968. The average molecular weight is 697 g/mol. The van der Waals surface area contributed by atoms with E-state index < -0.39 is 70.7 Å². The molecule has 0 fully saturated rings. The van der Waals surface area contributed by atoms with E-state index in [0.717, 1.165) is 42.2 Å². The van der Waals surface area contributed by atoms with Crippen LogP contribution in [0.2, 0.25) is 0 Å². The number of ether oxygens (including phenoxy) is 1. The number of thioether (sulfide) groups is 1. The summed E-state index contributed by atoms with van der Waals surface area (Å²) in [6.07, 6.45) is -9.13. The Morgan fingerprint density at radius 3 is 2.35 bits per heavy atom. The van der Waals surface area contributed by atoms with E-state index in [1.165, 1.54) is 23.3 Å². The summed E-state index contributed by atoms with van der Waals surface area (Å²) in [7, 11) is 0. The fourth-order valence-electron chi connectivity index (χ4n) is 5.95. The molecule has 5 nitrogen and oxygen atoms in total. The highest BCUT2D eigenvalue weighted by molar-refractivity contribution is 7.99. The van der Waals surface area contributed by atoms with Gasteiger partial charge in [-0.2, -0.15) is 13.2 Å². The summed E-state index contributed by atoms with van der Waals surface area (Å²) in [5.41, 5.74) is -2.38. The van der Waals surface area contributed by atoms with Gasteiger partial charge in [-0.25, -0.2) is 8.78 Å². The molecule has 1 aliphatic rings. The number of hydrogen-bond acceptors (Lipinski definition) is 5. The molecule has 14 heteroatoms. The van der Waals surface area contributed by atoms with Crippen LogP contribution in [-0.4, -0.2) is 29.5 Å². The van der Waals surface area contributed by atoms with Gasteiger partial charge in [0.15, 0.2) is 0 Å². The molecule has 1 aliphatic heterocycles. The maximum absolute atomic E-state index is 15.6. The number of nitrogens with zero attached hydrogens (tertiary/aromatic N) is 1. The molecule has 0 spiro atoms. The Morgan fingerprint density at radius 2 is 1.71 bits per heavy atom. The van der Waals surface area contributed by atoms with Crippen LogP contribution in [0.15, 0.2) is 76.6 Å². The first-order chi connectivity index (χ1) is 22.7. The number of nitrogens with one attached hydrogen (secondary N) is 1. The normalized spacial score (nSPS) is 15.3. The molecule has 1 N–H and O–H groups in total. The number of halogens is 8. The zero-order valence-electron chi connectivity index (χ0n) is 25.2. The zero-order chi connectivity index (χ0) is 34.8. The summed E-state index contributed by atoms with van der Waals surface area (Å²) in [5.74, 6) is -3.00. The summed E-state index contributed by atoms with van der Waals surface area (Å²) in [5, 5.41) is 3.62. The van der Waals surface area contributed by atoms with Crippen LogP contribution in [0, 0.1) is 18.6 Å². The maximum atomic E-state index is 15.6. The molecule has 0 aliphatic carbocycles. The van der Waals surface area contributed by atoms with Gasteiger partial charge in [-0.3, -0.25) is 9.36 Å². The lowest BCUT2D eigenvalue weighted by molar-refractivity contribution is -0.274. The number of rotatable bonds is 11. The van der Waals surface area contributed by atoms with Crippen LogP contribution < -0.4 is 15.6 Å². The van der Waals surface area contributed by atoms with Crippen molar-refractivity contribution < 1.29 is 44.7 Å². The molecule has 5 rings (SSSR count). The predicted molar refractivity (Wildman–Crippen MR) is 164 cm³/mol. The fraction of sp³-hybridized carbons (Fsp3) is 0.294. The number of aldehydes is 1. The lowest BCUT2D eigenvalue weighted by atomic mass is 9.91. The topological polar surface area (TPSA) is 60.3 Å². The second-order valence-corrected chi connectivity index (χ2v) is 12.1. The van der Waals surface area contributed by atoms with E-state index in [9.17, 15) is 35.9 Å². The van der Waals surface area contributed by atoms with Crippen molar-refractivity contribution in [2.75, 3.05) is 12.3 Å². The van der Waals surface area contributed by atoms with Crippen LogP contribution in [0.25, 0.3) is 11.1 Å². The fourth-order valence-corrected chi connectivity index (χ4v) is 7.38. The minimum atomic E-state index is -5.12. The van der Waals surface area contributed by atoms with Gasteiger partial charge in [0.05, 0.1) is 28.2 Å². The van der Waals surface area contributed by atoms with E-state index in [4.69, 9.17) is 0 Å². The average Bonchev–Trinajstić information content (AvgIpc) is 3.45. The SMILES string of the molecule is Cc1c(Cc2c(F)cccc2C(F)(F)F)c2n(c(=O)c1-c1ccc(OC(F)(F)F)cc1F)C(C(NCCCC=O)c1ccccc1)CS2. The molecule has 0 amide bonds. The molecule has 0 saturated carbocycles. The van der Waals surface area contributed by atoms with Crippen LogP contribution in [0.1, 0.15) is 52.7 Å². The number of carbonyl (C=O) groups excluding carboxylic acids is 1. The van der Waals surface area contributed by atoms with Crippen LogP contribution >= 0.6 is 11.8 Å². The van der Waals surface area contributed by atoms with Gasteiger partial charge in [0.25, 0.3) is 5.56 Å². The highest BCUT2D eigenvalue weighted by Gasteiger charge is 2.39. The monoisotopic (exact) mass is 696 g/mol. The molecule has 2 atom stereocenters. The van der Waals surface area contributed by atoms with Crippen molar-refractivity contribution in [3.63, 3.8) is 0 Å². The van der Waals surface area contributed by atoms with Crippen molar-refractivity contribution in [2.45, 2.75) is 55.8 Å². The van der Waals surface area contributed by atoms with Gasteiger partial charge in [0, 0.05) is 35.8 Å². The number of aromatic nitrogens is 1. The Labute approximate surface area is 273 Å². The number of carbonyl (C=O) groups is 1. The van der Waals surface area contributed by atoms with Gasteiger partial charge in [-0.1, -0.05) is 36.4 Å². The number of benzene rings is 3. The van der Waals surface area contributed by atoms with E-state index in [2.05, 4.69) is 10.1 Å². The van der Waals surface area contributed by atoms with E-state index >= 15 is 8.78 Å². The van der Waals surface area contributed by atoms with Crippen molar-refractivity contribution in [2.24, 2.45) is 0 Å². The van der Waals surface area contributed by atoms with E-state index in [1.807, 2.05) is 12.1 Å². The molecule has 254 valence electrons. The van der Waals surface area contributed by atoms with Crippen molar-refractivity contribution >= 4 is 18.0 Å². The molecular weight excluding hydrogens is 668 g/mol. The number of pyridine rings is 1. The van der Waals surface area contributed by atoms with E-state index in [1.54, 1.807) is 18.2 Å². The number of fused-ring (bicyclic) bond motifs is 1. The summed E-state index contributed by atoms with van der Waals surface area (Å²) < 4.78 is 117. The standard InChI is InChI=1S/C34H28F8N2O3S/c1-19-23(17-24-25(33(37,38)39)10-7-11-26(24)35)32-44(31(46)29(19)22-13-12-21(16-27(22)36)47-34(40,41)42)28(18-48-32)30(43-14-5-6-15-45)20-8-3-2-4-9-20/h2-4,7-13,15-16,28,30,43H,5-6,14,17-18H2,1H3. The minimum absolute atomic E-state index is 0.0503. The lowest BCUT2D eigenvalue weighted by Crippen LogP contribution is -2.36. The number of unbranched alkanes of at least 4 members (excludes halogenated alkanes) is 1. The van der Waals surface area contributed by atoms with Gasteiger partial charge >= 0.3 is 12.5 Å². The van der Waals surface area contributed by atoms with Gasteiger partial charge in [-0.15, -0.1) is 24.9 Å². The Kier molecular flexibility index (Phi) is 10.3. The number of hydrogen-bond donors (Lipinski definition) is 1. The Balaban J connectivity index is 1.74. The maximum Gasteiger partial charge on any atom is 0.573 e. The highest BCUT2D eigenvalue weighted by Crippen LogP contribution is 2.45. The van der Waals surface area contributed by atoms with Crippen LogP contribution in [0.3, 0.4) is 0 Å². The first kappa shape index (κ1) is 35.1. The second kappa shape index (κ2) is 14.1. The summed E-state index contributed by atoms with van der Waals surface area (Å²) in [6.45, 7) is 1.76. The van der Waals surface area contributed by atoms with E-state index in [0.29, 0.717) is 19.0 Å². The predicted octanol–water partition coefficient (Wildman–Crippen LogP) is 8.57. The summed E-state index contributed by atoms with van der Waals surface area (Å²) >= 11 is 1.18. The number of alkyl halides is 6. The van der Waals surface area contributed by atoms with Crippen molar-refractivity contribution in [3.8, 4) is 16.9 Å². The Bertz CT molecular complexity index is 1860. The molecule has 0 radical (unpaired) electrons. The van der Waals surface area contributed by atoms with E-state index in [-0.39, 0.29) is 33.9 Å². The summed E-state index contributed by atoms with van der Waals surface area (Å²) in [6, 6.07) is 12.5. The first-order valence-corrected chi connectivity index (χ1v) is 15.7. The largest absolute Gasteiger partial charge is 0.573 e. The van der Waals surface area contributed by atoms with Gasteiger partial charge in [0.1, 0.15) is 23.7 Å². The molecule has 1 aromatic heterocycles. The van der Waals surface area contributed by atoms with Crippen molar-refractivity contribution in [3.05, 3.63) is 117 Å². The Hall–Kier alpha value is -4.17. The molecule has 48 heavy (non-hydrogen) atoms. The van der Waals surface area contributed by atoms with Crippen LogP contribution in [0.5, 0.6) is 5.75 Å². The van der Waals surface area contributed by atoms with Crippen molar-refractivity contribution in [1.29, 1.82) is 0 Å². The molecule has 3 aromatic carbocycles. The lowest BCUT2D eigenvalue weighted by Gasteiger charge is -2.28. The van der Waals surface area contributed by atoms with Crippen molar-refractivity contribution in [1.82, 2.24) is 9.88 Å². The third-order valence-corrected chi connectivity index (χ3v) is 9.31. The highest BCUT2D eigenvalue weighted by atomic mass is 32.2. The third-order valence-electron chi connectivity index (χ3n) is 8.09. The minimum Gasteiger partial charge on any atom is -0.406 e. The second-order valence-electron chi connectivity index (χ2n) is 11.1. The first-order valence-electron chi connectivity index (χ1n) is 14.7. The Morgan fingerprint density at radius 1 is 0.979 bits per heavy atom. The molecule has 0 saturated heterocycles. The molecular formula is C34H28F8N2O3S.